The highest BCUT2D eigenvalue weighted by Crippen LogP contribution is 2.22. The average Bonchev–Trinajstić information content (AvgIpc) is 3.21. The summed E-state index contributed by atoms with van der Waals surface area (Å²) in [7, 11) is 0. The molecule has 0 aliphatic carbocycles. The zero-order valence-corrected chi connectivity index (χ0v) is 40.0. The summed E-state index contributed by atoms with van der Waals surface area (Å²) in [4.78, 5) is 28.3. The van der Waals surface area contributed by atoms with Crippen LogP contribution in [0.2, 0.25) is 0 Å². The van der Waals surface area contributed by atoms with E-state index in [1.54, 1.807) is 0 Å². The van der Waals surface area contributed by atoms with Crippen LogP contribution in [-0.2, 0) is 19.1 Å². The van der Waals surface area contributed by atoms with Crippen LogP contribution in [0.1, 0.15) is 234 Å². The summed E-state index contributed by atoms with van der Waals surface area (Å²) < 4.78 is 11.6. The van der Waals surface area contributed by atoms with E-state index in [1.807, 2.05) is 6.20 Å². The van der Waals surface area contributed by atoms with Crippen molar-refractivity contribution in [2.45, 2.75) is 246 Å². The first-order valence-corrected chi connectivity index (χ1v) is 25.5. The maximum Gasteiger partial charge on any atom is 0.308 e. The van der Waals surface area contributed by atoms with E-state index < -0.39 is 12.2 Å². The number of carbonyl (C=O) groups is 2. The van der Waals surface area contributed by atoms with Gasteiger partial charge in [0.05, 0.1) is 37.3 Å². The molecule has 350 valence electrons. The monoisotopic (exact) mass is 837 g/mol. The molecule has 4 unspecified atom stereocenters. The van der Waals surface area contributed by atoms with Crippen LogP contribution in [0.25, 0.3) is 0 Å². The lowest BCUT2D eigenvalue weighted by atomic mass is 9.94. The van der Waals surface area contributed by atoms with Gasteiger partial charge in [0.2, 0.25) is 0 Å². The van der Waals surface area contributed by atoms with E-state index in [4.69, 9.17) is 9.47 Å². The first-order valence-electron chi connectivity index (χ1n) is 25.5. The predicted molar refractivity (Wildman–Crippen MR) is 251 cm³/mol. The van der Waals surface area contributed by atoms with Gasteiger partial charge in [-0.3, -0.25) is 14.5 Å². The lowest BCUT2D eigenvalue weighted by Crippen LogP contribution is -2.41. The number of hydrogen-bond acceptors (Lipinski definition) is 8. The Morgan fingerprint density at radius 3 is 1.22 bits per heavy atom. The molecule has 8 heteroatoms. The fraction of sp³-hybridized carbons (Fsp3) is 0.922. The van der Waals surface area contributed by atoms with Crippen molar-refractivity contribution in [1.82, 2.24) is 10.2 Å². The largest absolute Gasteiger partial charge is 0.465 e. The van der Waals surface area contributed by atoms with Crippen LogP contribution in [-0.4, -0.2) is 78.7 Å². The highest BCUT2D eigenvalue weighted by atomic mass is 16.5. The van der Waals surface area contributed by atoms with Gasteiger partial charge in [0.25, 0.3) is 0 Å². The van der Waals surface area contributed by atoms with Gasteiger partial charge < -0.3 is 25.0 Å². The van der Waals surface area contributed by atoms with Crippen LogP contribution in [0.15, 0.2) is 12.3 Å². The maximum atomic E-state index is 13.1. The van der Waals surface area contributed by atoms with Gasteiger partial charge in [-0.15, -0.1) is 0 Å². The molecule has 0 aliphatic heterocycles. The standard InChI is InChI=1S/C51H100N2O6/c1-7-11-15-19-21-25-33-46(31-23-17-13-9-3)50(56)58-41-29-27-35-48(54)43-53(40-39-52-38-37-45(5)6)44-49(55)36-28-30-42-59-51(57)47(32-24-18-14-10-4)34-26-22-20-16-12-8-2/h37-38,45-49,52,54-55H,7-36,39-44H2,1-6H3/b38-37-. The van der Waals surface area contributed by atoms with E-state index in [1.165, 1.54) is 103 Å². The molecular formula is C51H100N2O6. The minimum Gasteiger partial charge on any atom is -0.465 e. The third-order valence-corrected chi connectivity index (χ3v) is 11.8. The Labute approximate surface area is 366 Å². The number of unbranched alkanes of at least 4 members (excludes halogenated alkanes) is 18. The van der Waals surface area contributed by atoms with E-state index in [2.05, 4.69) is 57.8 Å². The van der Waals surface area contributed by atoms with E-state index >= 15 is 0 Å². The Kier molecular flexibility index (Phi) is 41.8. The van der Waals surface area contributed by atoms with Crippen molar-refractivity contribution in [2.75, 3.05) is 39.4 Å². The van der Waals surface area contributed by atoms with Crippen molar-refractivity contribution in [3.05, 3.63) is 12.3 Å². The summed E-state index contributed by atoms with van der Waals surface area (Å²) in [5.74, 6) is 0.436. The van der Waals surface area contributed by atoms with Crippen LogP contribution in [0.3, 0.4) is 0 Å². The number of aliphatic hydroxyl groups is 2. The van der Waals surface area contributed by atoms with E-state index in [0.717, 1.165) is 83.6 Å². The SMILES string of the molecule is CCCCCCCCC(CCCCCC)C(=O)OCCCCC(O)CN(CCN/C=C\C(C)C)CC(O)CCCCOC(=O)C(CCCCCC)CCCCCCCC. The molecule has 4 atom stereocenters. The molecule has 8 nitrogen and oxygen atoms in total. The summed E-state index contributed by atoms with van der Waals surface area (Å²) >= 11 is 0. The van der Waals surface area contributed by atoms with Crippen molar-refractivity contribution in [3.8, 4) is 0 Å². The quantitative estimate of drug-likeness (QED) is 0.0411. The number of ether oxygens (including phenoxy) is 2. The zero-order valence-electron chi connectivity index (χ0n) is 40.0. The zero-order chi connectivity index (χ0) is 43.6. The molecule has 0 aromatic heterocycles. The van der Waals surface area contributed by atoms with E-state index in [-0.39, 0.29) is 23.8 Å². The molecule has 0 rings (SSSR count). The molecule has 0 saturated heterocycles. The molecule has 0 heterocycles. The molecule has 0 radical (unpaired) electrons. The minimum absolute atomic E-state index is 0.0137. The van der Waals surface area contributed by atoms with Crippen LogP contribution in [0, 0.1) is 17.8 Å². The predicted octanol–water partition coefficient (Wildman–Crippen LogP) is 12.9. The van der Waals surface area contributed by atoms with Crippen molar-refractivity contribution < 1.29 is 29.3 Å². The van der Waals surface area contributed by atoms with Gasteiger partial charge >= 0.3 is 11.9 Å². The number of allylic oxidation sites excluding steroid dienone is 1. The van der Waals surface area contributed by atoms with Crippen LogP contribution >= 0.6 is 0 Å². The lowest BCUT2D eigenvalue weighted by molar-refractivity contribution is -0.150. The first kappa shape index (κ1) is 57.4. The first-order chi connectivity index (χ1) is 28.7. The third-order valence-electron chi connectivity index (χ3n) is 11.8. The number of hydrogen-bond donors (Lipinski definition) is 3. The normalized spacial score (nSPS) is 13.9. The van der Waals surface area contributed by atoms with Gasteiger partial charge in [0.1, 0.15) is 0 Å². The number of nitrogens with one attached hydrogen (secondary N) is 1. The number of carbonyl (C=O) groups excluding carboxylic acids is 2. The number of nitrogens with zero attached hydrogens (tertiary/aromatic N) is 1. The number of aliphatic hydroxyl groups excluding tert-OH is 2. The minimum atomic E-state index is -0.520. The fourth-order valence-electron chi connectivity index (χ4n) is 7.88. The summed E-state index contributed by atoms with van der Waals surface area (Å²) in [6.07, 6.45) is 35.3. The van der Waals surface area contributed by atoms with Gasteiger partial charge in [0.15, 0.2) is 0 Å². The summed E-state index contributed by atoms with van der Waals surface area (Å²) in [6.45, 7) is 16.4. The molecule has 0 fully saturated rings. The average molecular weight is 837 g/mol. The molecule has 0 aliphatic rings. The number of esters is 2. The van der Waals surface area contributed by atoms with Gasteiger partial charge in [-0.25, -0.2) is 0 Å². The highest BCUT2D eigenvalue weighted by molar-refractivity contribution is 5.72. The molecule has 0 aromatic carbocycles. The molecule has 0 aromatic rings. The smallest absolute Gasteiger partial charge is 0.308 e. The second kappa shape index (κ2) is 43.0. The molecule has 59 heavy (non-hydrogen) atoms. The van der Waals surface area contributed by atoms with Crippen molar-refractivity contribution in [3.63, 3.8) is 0 Å². The van der Waals surface area contributed by atoms with E-state index in [0.29, 0.717) is 51.6 Å². The second-order valence-corrected chi connectivity index (χ2v) is 18.2. The molecule has 3 N–H and O–H groups in total. The lowest BCUT2D eigenvalue weighted by Gasteiger charge is -2.27. The summed E-state index contributed by atoms with van der Waals surface area (Å²) in [5.41, 5.74) is 0. The van der Waals surface area contributed by atoms with Crippen molar-refractivity contribution >= 4 is 11.9 Å². The Balaban J connectivity index is 4.82. The molecule has 0 saturated carbocycles. The Bertz CT molecular complexity index is 883. The van der Waals surface area contributed by atoms with Gasteiger partial charge in [-0.2, -0.15) is 0 Å². The molecular weight excluding hydrogens is 737 g/mol. The van der Waals surface area contributed by atoms with Crippen LogP contribution in [0.4, 0.5) is 0 Å². The maximum absolute atomic E-state index is 13.1. The van der Waals surface area contributed by atoms with Gasteiger partial charge in [-0.05, 0) is 76.3 Å². The Morgan fingerprint density at radius 1 is 0.508 bits per heavy atom. The van der Waals surface area contributed by atoms with Gasteiger partial charge in [0, 0.05) is 26.2 Å². The van der Waals surface area contributed by atoms with E-state index in [9.17, 15) is 19.8 Å². The summed E-state index contributed by atoms with van der Waals surface area (Å²) in [5, 5.41) is 25.4. The van der Waals surface area contributed by atoms with Crippen molar-refractivity contribution in [1.29, 1.82) is 0 Å². The molecule has 0 bridgehead atoms. The molecule has 0 spiro atoms. The third kappa shape index (κ3) is 37.8. The van der Waals surface area contributed by atoms with Crippen molar-refractivity contribution in [2.24, 2.45) is 17.8 Å². The molecule has 0 amide bonds. The number of rotatable bonds is 45. The Morgan fingerprint density at radius 2 is 0.847 bits per heavy atom. The van der Waals surface area contributed by atoms with Gasteiger partial charge in [-0.1, -0.05) is 176 Å². The topological polar surface area (TPSA) is 108 Å². The highest BCUT2D eigenvalue weighted by Gasteiger charge is 2.21. The second-order valence-electron chi connectivity index (χ2n) is 18.2. The fourth-order valence-corrected chi connectivity index (χ4v) is 7.88. The summed E-state index contributed by atoms with van der Waals surface area (Å²) in [6, 6.07) is 0. The van der Waals surface area contributed by atoms with Crippen LogP contribution < -0.4 is 5.32 Å². The van der Waals surface area contributed by atoms with Crippen LogP contribution in [0.5, 0.6) is 0 Å². The Hall–Kier alpha value is -1.64.